The lowest BCUT2D eigenvalue weighted by molar-refractivity contribution is 0.178. The number of aromatic amines is 1. The number of piperazine rings is 1. The van der Waals surface area contributed by atoms with E-state index in [4.69, 9.17) is 11.6 Å². The molecule has 1 N–H and O–H groups in total. The number of hydrogen-bond acceptors (Lipinski definition) is 5. The average Bonchev–Trinajstić information content (AvgIpc) is 2.68. The van der Waals surface area contributed by atoms with Gasteiger partial charge >= 0.3 is 0 Å². The van der Waals surface area contributed by atoms with E-state index in [1.54, 1.807) is 30.3 Å². The van der Waals surface area contributed by atoms with Crippen LogP contribution in [0, 0.1) is 0 Å². The van der Waals surface area contributed by atoms with E-state index in [0.717, 1.165) is 0 Å². The SMILES string of the molecule is O=c1[nH]c(CN2CCN(S(=O)(=O)c3cccc(Cl)c3)CC2)nc2ccccc12. The van der Waals surface area contributed by atoms with Gasteiger partial charge in [-0.15, -0.1) is 0 Å². The minimum Gasteiger partial charge on any atom is -0.309 e. The number of nitrogens with zero attached hydrogens (tertiary/aromatic N) is 3. The van der Waals surface area contributed by atoms with Gasteiger partial charge in [-0.05, 0) is 30.3 Å². The van der Waals surface area contributed by atoms with E-state index in [0.29, 0.717) is 54.5 Å². The smallest absolute Gasteiger partial charge is 0.258 e. The molecule has 2 aromatic carbocycles. The molecule has 9 heteroatoms. The fourth-order valence-corrected chi connectivity index (χ4v) is 5.05. The Labute approximate surface area is 167 Å². The Morgan fingerprint density at radius 1 is 1.04 bits per heavy atom. The molecule has 0 saturated carbocycles. The number of nitrogens with one attached hydrogen (secondary N) is 1. The maximum Gasteiger partial charge on any atom is 0.258 e. The largest absolute Gasteiger partial charge is 0.309 e. The van der Waals surface area contributed by atoms with Gasteiger partial charge in [-0.25, -0.2) is 13.4 Å². The maximum absolute atomic E-state index is 12.8. The summed E-state index contributed by atoms with van der Waals surface area (Å²) in [5.41, 5.74) is 0.492. The summed E-state index contributed by atoms with van der Waals surface area (Å²) in [5.74, 6) is 0.579. The van der Waals surface area contributed by atoms with Crippen LogP contribution in [0.1, 0.15) is 5.82 Å². The second-order valence-electron chi connectivity index (χ2n) is 6.67. The van der Waals surface area contributed by atoms with Gasteiger partial charge in [0.15, 0.2) is 0 Å². The Hall–Kier alpha value is -2.26. The highest BCUT2D eigenvalue weighted by molar-refractivity contribution is 7.89. The van der Waals surface area contributed by atoms with Crippen LogP contribution in [0.3, 0.4) is 0 Å². The summed E-state index contributed by atoms with van der Waals surface area (Å²) >= 11 is 5.93. The first kappa shape index (κ1) is 19.1. The van der Waals surface area contributed by atoms with Gasteiger partial charge in [0.2, 0.25) is 10.0 Å². The van der Waals surface area contributed by atoms with Crippen LogP contribution in [0.2, 0.25) is 5.02 Å². The normalized spacial score (nSPS) is 16.5. The molecule has 0 atom stereocenters. The zero-order valence-corrected chi connectivity index (χ0v) is 16.6. The zero-order valence-electron chi connectivity index (χ0n) is 15.0. The summed E-state index contributed by atoms with van der Waals surface area (Å²) in [4.78, 5) is 21.8. The lowest BCUT2D eigenvalue weighted by Gasteiger charge is -2.33. The first-order chi connectivity index (χ1) is 13.4. The minimum absolute atomic E-state index is 0.164. The third-order valence-electron chi connectivity index (χ3n) is 4.80. The summed E-state index contributed by atoms with van der Waals surface area (Å²) in [7, 11) is -3.57. The first-order valence-corrected chi connectivity index (χ1v) is 10.7. The van der Waals surface area contributed by atoms with Gasteiger partial charge in [0, 0.05) is 31.2 Å². The Morgan fingerprint density at radius 3 is 2.54 bits per heavy atom. The maximum atomic E-state index is 12.8. The van der Waals surface area contributed by atoms with E-state index in [1.165, 1.54) is 10.4 Å². The van der Waals surface area contributed by atoms with Crippen LogP contribution in [0.25, 0.3) is 10.9 Å². The summed E-state index contributed by atoms with van der Waals surface area (Å²) in [5, 5.41) is 0.953. The van der Waals surface area contributed by atoms with E-state index in [1.807, 2.05) is 12.1 Å². The van der Waals surface area contributed by atoms with Crippen LogP contribution in [0.4, 0.5) is 0 Å². The predicted molar refractivity (Wildman–Crippen MR) is 108 cm³/mol. The molecule has 1 aliphatic heterocycles. The summed E-state index contributed by atoms with van der Waals surface area (Å²) < 4.78 is 27.0. The highest BCUT2D eigenvalue weighted by atomic mass is 35.5. The Bertz CT molecular complexity index is 1170. The van der Waals surface area contributed by atoms with Crippen LogP contribution in [0.5, 0.6) is 0 Å². The van der Waals surface area contributed by atoms with E-state index in [2.05, 4.69) is 14.9 Å². The topological polar surface area (TPSA) is 86.4 Å². The van der Waals surface area contributed by atoms with Crippen molar-refractivity contribution in [2.45, 2.75) is 11.4 Å². The number of H-pyrrole nitrogens is 1. The molecule has 1 aliphatic rings. The van der Waals surface area contributed by atoms with Gasteiger partial charge in [-0.3, -0.25) is 9.69 Å². The van der Waals surface area contributed by atoms with E-state index >= 15 is 0 Å². The van der Waals surface area contributed by atoms with Gasteiger partial charge in [0.05, 0.1) is 22.3 Å². The van der Waals surface area contributed by atoms with Crippen molar-refractivity contribution in [3.05, 3.63) is 69.7 Å². The number of fused-ring (bicyclic) bond motifs is 1. The number of hydrogen-bond donors (Lipinski definition) is 1. The molecule has 0 amide bonds. The lowest BCUT2D eigenvalue weighted by Crippen LogP contribution is -2.48. The number of benzene rings is 2. The molecule has 4 rings (SSSR count). The summed E-state index contributed by atoms with van der Waals surface area (Å²) in [6, 6.07) is 13.5. The molecule has 1 saturated heterocycles. The van der Waals surface area contributed by atoms with Crippen molar-refractivity contribution in [3.63, 3.8) is 0 Å². The Kier molecular flexibility index (Phi) is 5.20. The highest BCUT2D eigenvalue weighted by Crippen LogP contribution is 2.21. The zero-order chi connectivity index (χ0) is 19.7. The summed E-state index contributed by atoms with van der Waals surface area (Å²) in [6.45, 7) is 2.30. The number of rotatable bonds is 4. The van der Waals surface area contributed by atoms with Crippen molar-refractivity contribution in [2.75, 3.05) is 26.2 Å². The van der Waals surface area contributed by atoms with Crippen molar-refractivity contribution in [1.82, 2.24) is 19.2 Å². The van der Waals surface area contributed by atoms with Crippen molar-refractivity contribution in [3.8, 4) is 0 Å². The van der Waals surface area contributed by atoms with E-state index in [9.17, 15) is 13.2 Å². The highest BCUT2D eigenvalue weighted by Gasteiger charge is 2.28. The standard InChI is InChI=1S/C19H19ClN4O3S/c20-14-4-3-5-15(12-14)28(26,27)24-10-8-23(9-11-24)13-18-21-17-7-2-1-6-16(17)19(25)22-18/h1-7,12H,8-11,13H2,(H,21,22,25). The molecule has 146 valence electrons. The Morgan fingerprint density at radius 2 is 1.79 bits per heavy atom. The molecule has 0 bridgehead atoms. The van der Waals surface area contributed by atoms with Crippen molar-refractivity contribution >= 4 is 32.5 Å². The fraction of sp³-hybridized carbons (Fsp3) is 0.263. The van der Waals surface area contributed by atoms with Gasteiger partial charge in [0.1, 0.15) is 5.82 Å². The van der Waals surface area contributed by atoms with Crippen LogP contribution in [-0.2, 0) is 16.6 Å². The molecule has 0 spiro atoms. The van der Waals surface area contributed by atoms with Crippen LogP contribution in [-0.4, -0.2) is 53.8 Å². The third-order valence-corrected chi connectivity index (χ3v) is 6.93. The molecule has 0 radical (unpaired) electrons. The molecule has 2 heterocycles. The lowest BCUT2D eigenvalue weighted by atomic mass is 10.2. The van der Waals surface area contributed by atoms with Crippen molar-refractivity contribution in [1.29, 1.82) is 0 Å². The van der Waals surface area contributed by atoms with Crippen LogP contribution < -0.4 is 5.56 Å². The molecular weight excluding hydrogens is 400 g/mol. The van der Waals surface area contributed by atoms with Crippen LogP contribution >= 0.6 is 11.6 Å². The molecule has 1 aromatic heterocycles. The monoisotopic (exact) mass is 418 g/mol. The fourth-order valence-electron chi connectivity index (χ4n) is 3.33. The molecule has 3 aromatic rings. The van der Waals surface area contributed by atoms with Crippen molar-refractivity contribution in [2.24, 2.45) is 0 Å². The average molecular weight is 419 g/mol. The minimum atomic E-state index is -3.57. The molecule has 7 nitrogen and oxygen atoms in total. The molecule has 0 unspecified atom stereocenters. The van der Waals surface area contributed by atoms with Gasteiger partial charge < -0.3 is 4.98 Å². The van der Waals surface area contributed by atoms with Gasteiger partial charge in [0.25, 0.3) is 5.56 Å². The van der Waals surface area contributed by atoms with Gasteiger partial charge in [-0.2, -0.15) is 4.31 Å². The number of aromatic nitrogens is 2. The predicted octanol–water partition coefficient (Wildman–Crippen LogP) is 2.08. The van der Waals surface area contributed by atoms with E-state index < -0.39 is 10.0 Å². The first-order valence-electron chi connectivity index (χ1n) is 8.89. The van der Waals surface area contributed by atoms with E-state index in [-0.39, 0.29) is 10.5 Å². The van der Waals surface area contributed by atoms with Gasteiger partial charge in [-0.1, -0.05) is 29.8 Å². The quantitative estimate of drug-likeness (QED) is 0.701. The molecular formula is C19H19ClN4O3S. The van der Waals surface area contributed by atoms with Crippen LogP contribution in [0.15, 0.2) is 58.2 Å². The summed E-state index contributed by atoms with van der Waals surface area (Å²) in [6.07, 6.45) is 0. The van der Waals surface area contributed by atoms with Crippen molar-refractivity contribution < 1.29 is 8.42 Å². The number of para-hydroxylation sites is 1. The molecule has 1 fully saturated rings. The second-order valence-corrected chi connectivity index (χ2v) is 9.04. The Balaban J connectivity index is 1.45. The molecule has 0 aliphatic carbocycles. The number of sulfonamides is 1. The molecule has 28 heavy (non-hydrogen) atoms. The second kappa shape index (κ2) is 7.63. The number of halogens is 1. The third kappa shape index (κ3) is 3.81.